The first-order chi connectivity index (χ1) is 8.78. The van der Waals surface area contributed by atoms with Crippen LogP contribution >= 0.6 is 11.6 Å². The SMILES string of the molecule is CC1CN(C(=O)c2cc(Cl)ccc2O)CC(C)(C)O1. The number of ether oxygens (including phenoxy) is 1. The van der Waals surface area contributed by atoms with Gasteiger partial charge in [-0.3, -0.25) is 4.79 Å². The van der Waals surface area contributed by atoms with Gasteiger partial charge in [-0.15, -0.1) is 0 Å². The number of carbonyl (C=O) groups is 1. The quantitative estimate of drug-likeness (QED) is 0.862. The highest BCUT2D eigenvalue weighted by molar-refractivity contribution is 6.31. The number of nitrogens with zero attached hydrogens (tertiary/aromatic N) is 1. The van der Waals surface area contributed by atoms with Crippen molar-refractivity contribution in [2.75, 3.05) is 13.1 Å². The first kappa shape index (κ1) is 14.2. The summed E-state index contributed by atoms with van der Waals surface area (Å²) in [5.74, 6) is -0.269. The van der Waals surface area contributed by atoms with Crippen molar-refractivity contribution in [3.63, 3.8) is 0 Å². The van der Waals surface area contributed by atoms with Crippen LogP contribution in [0.4, 0.5) is 0 Å². The number of aromatic hydroxyl groups is 1. The first-order valence-corrected chi connectivity index (χ1v) is 6.62. The number of halogens is 1. The molecule has 1 saturated heterocycles. The van der Waals surface area contributed by atoms with E-state index in [-0.39, 0.29) is 28.9 Å². The van der Waals surface area contributed by atoms with Crippen molar-refractivity contribution < 1.29 is 14.6 Å². The fourth-order valence-corrected chi connectivity index (χ4v) is 2.63. The van der Waals surface area contributed by atoms with Crippen LogP contribution < -0.4 is 0 Å². The van der Waals surface area contributed by atoms with Crippen molar-refractivity contribution in [3.8, 4) is 5.75 Å². The molecule has 0 saturated carbocycles. The van der Waals surface area contributed by atoms with E-state index in [4.69, 9.17) is 16.3 Å². The summed E-state index contributed by atoms with van der Waals surface area (Å²) >= 11 is 5.88. The van der Waals surface area contributed by atoms with Gasteiger partial charge in [0, 0.05) is 18.1 Å². The summed E-state index contributed by atoms with van der Waals surface area (Å²) in [5.41, 5.74) is -0.154. The third kappa shape index (κ3) is 3.19. The number of phenolic OH excluding ortho intramolecular Hbond substituents is 1. The van der Waals surface area contributed by atoms with Crippen molar-refractivity contribution in [2.24, 2.45) is 0 Å². The Balaban J connectivity index is 2.26. The Morgan fingerprint density at radius 1 is 1.53 bits per heavy atom. The van der Waals surface area contributed by atoms with Crippen LogP contribution in [-0.4, -0.2) is 40.7 Å². The van der Waals surface area contributed by atoms with E-state index in [0.29, 0.717) is 18.1 Å². The summed E-state index contributed by atoms with van der Waals surface area (Å²) < 4.78 is 5.76. The average molecular weight is 284 g/mol. The second-order valence-corrected chi connectivity index (χ2v) is 5.97. The molecule has 1 amide bonds. The van der Waals surface area contributed by atoms with E-state index in [0.717, 1.165) is 0 Å². The largest absolute Gasteiger partial charge is 0.507 e. The molecule has 1 aromatic rings. The average Bonchev–Trinajstić information content (AvgIpc) is 2.29. The minimum absolute atomic E-state index is 0.0333. The zero-order chi connectivity index (χ0) is 14.2. The Morgan fingerprint density at radius 3 is 2.84 bits per heavy atom. The molecule has 1 N–H and O–H groups in total. The van der Waals surface area contributed by atoms with Crippen LogP contribution in [-0.2, 0) is 4.74 Å². The molecule has 1 fully saturated rings. The molecule has 104 valence electrons. The summed E-state index contributed by atoms with van der Waals surface area (Å²) in [7, 11) is 0. The zero-order valence-corrected chi connectivity index (χ0v) is 12.1. The number of phenols is 1. The molecule has 5 heteroatoms. The van der Waals surface area contributed by atoms with Crippen molar-refractivity contribution in [3.05, 3.63) is 28.8 Å². The Labute approximate surface area is 117 Å². The van der Waals surface area contributed by atoms with Crippen molar-refractivity contribution >= 4 is 17.5 Å². The van der Waals surface area contributed by atoms with Crippen LogP contribution in [0.3, 0.4) is 0 Å². The molecule has 0 bridgehead atoms. The lowest BCUT2D eigenvalue weighted by atomic mass is 10.0. The summed E-state index contributed by atoms with van der Waals surface area (Å²) in [4.78, 5) is 14.2. The monoisotopic (exact) mass is 283 g/mol. The van der Waals surface area contributed by atoms with Gasteiger partial charge in [0.05, 0.1) is 17.3 Å². The lowest BCUT2D eigenvalue weighted by molar-refractivity contribution is -0.118. The summed E-state index contributed by atoms with van der Waals surface area (Å²) in [6.45, 7) is 6.82. The maximum absolute atomic E-state index is 12.5. The van der Waals surface area contributed by atoms with Gasteiger partial charge < -0.3 is 14.7 Å². The minimum Gasteiger partial charge on any atom is -0.507 e. The van der Waals surface area contributed by atoms with Crippen molar-refractivity contribution in [1.29, 1.82) is 0 Å². The zero-order valence-electron chi connectivity index (χ0n) is 11.3. The molecule has 1 aliphatic rings. The number of hydrogen-bond acceptors (Lipinski definition) is 3. The van der Waals surface area contributed by atoms with Crippen LogP contribution in [0, 0.1) is 0 Å². The van der Waals surface area contributed by atoms with E-state index < -0.39 is 0 Å². The summed E-state index contributed by atoms with van der Waals surface area (Å²) in [5, 5.41) is 10.2. The van der Waals surface area contributed by atoms with Gasteiger partial charge in [-0.2, -0.15) is 0 Å². The molecule has 1 unspecified atom stereocenters. The third-order valence-corrected chi connectivity index (χ3v) is 3.28. The molecule has 0 aromatic heterocycles. The number of rotatable bonds is 1. The van der Waals surface area contributed by atoms with Crippen LogP contribution in [0.25, 0.3) is 0 Å². The number of amides is 1. The normalized spacial score (nSPS) is 22.3. The fourth-order valence-electron chi connectivity index (χ4n) is 2.46. The molecule has 2 rings (SSSR count). The smallest absolute Gasteiger partial charge is 0.257 e. The van der Waals surface area contributed by atoms with E-state index in [9.17, 15) is 9.90 Å². The maximum atomic E-state index is 12.5. The molecular weight excluding hydrogens is 266 g/mol. The summed E-state index contributed by atoms with van der Waals surface area (Å²) in [6.07, 6.45) is -0.0333. The number of benzene rings is 1. The Kier molecular flexibility index (Phi) is 3.74. The molecule has 1 aromatic carbocycles. The second-order valence-electron chi connectivity index (χ2n) is 5.54. The second kappa shape index (κ2) is 5.02. The Bertz CT molecular complexity index is 501. The first-order valence-electron chi connectivity index (χ1n) is 6.24. The molecule has 0 spiro atoms. The van der Waals surface area contributed by atoms with Gasteiger partial charge in [-0.25, -0.2) is 0 Å². The van der Waals surface area contributed by atoms with Crippen molar-refractivity contribution in [1.82, 2.24) is 4.90 Å². The minimum atomic E-state index is -0.387. The topological polar surface area (TPSA) is 49.8 Å². The lowest BCUT2D eigenvalue weighted by Crippen LogP contribution is -2.53. The van der Waals surface area contributed by atoms with Gasteiger partial charge in [0.25, 0.3) is 5.91 Å². The molecule has 0 aliphatic carbocycles. The third-order valence-electron chi connectivity index (χ3n) is 3.05. The highest BCUT2D eigenvalue weighted by Gasteiger charge is 2.34. The van der Waals surface area contributed by atoms with Gasteiger partial charge in [0.1, 0.15) is 5.75 Å². The fraction of sp³-hybridized carbons (Fsp3) is 0.500. The van der Waals surface area contributed by atoms with E-state index >= 15 is 0 Å². The number of carbonyl (C=O) groups excluding carboxylic acids is 1. The molecule has 0 radical (unpaired) electrons. The van der Waals surface area contributed by atoms with Crippen LogP contribution in [0.15, 0.2) is 18.2 Å². The molecular formula is C14H18ClNO3. The maximum Gasteiger partial charge on any atom is 0.257 e. The van der Waals surface area contributed by atoms with Gasteiger partial charge >= 0.3 is 0 Å². The molecule has 1 heterocycles. The molecule has 4 nitrogen and oxygen atoms in total. The number of morpholine rings is 1. The predicted octanol–water partition coefficient (Wildman–Crippen LogP) is 2.69. The van der Waals surface area contributed by atoms with Gasteiger partial charge in [-0.05, 0) is 39.0 Å². The van der Waals surface area contributed by atoms with Gasteiger partial charge in [0.2, 0.25) is 0 Å². The summed E-state index contributed by atoms with van der Waals surface area (Å²) in [6, 6.07) is 4.48. The van der Waals surface area contributed by atoms with E-state index in [1.165, 1.54) is 12.1 Å². The van der Waals surface area contributed by atoms with E-state index in [2.05, 4.69) is 0 Å². The van der Waals surface area contributed by atoms with Crippen LogP contribution in [0.1, 0.15) is 31.1 Å². The predicted molar refractivity (Wildman–Crippen MR) is 73.6 cm³/mol. The molecule has 19 heavy (non-hydrogen) atoms. The van der Waals surface area contributed by atoms with E-state index in [1.54, 1.807) is 11.0 Å². The lowest BCUT2D eigenvalue weighted by Gasteiger charge is -2.41. The van der Waals surface area contributed by atoms with Crippen LogP contribution in [0.5, 0.6) is 5.75 Å². The van der Waals surface area contributed by atoms with Crippen molar-refractivity contribution in [2.45, 2.75) is 32.5 Å². The highest BCUT2D eigenvalue weighted by Crippen LogP contribution is 2.26. The van der Waals surface area contributed by atoms with Gasteiger partial charge in [-0.1, -0.05) is 11.6 Å². The van der Waals surface area contributed by atoms with Crippen LogP contribution in [0.2, 0.25) is 5.02 Å². The number of hydrogen-bond donors (Lipinski definition) is 1. The van der Waals surface area contributed by atoms with Gasteiger partial charge in [0.15, 0.2) is 0 Å². The Morgan fingerprint density at radius 2 is 2.21 bits per heavy atom. The van der Waals surface area contributed by atoms with E-state index in [1.807, 2.05) is 20.8 Å². The molecule has 1 aliphatic heterocycles. The highest BCUT2D eigenvalue weighted by atomic mass is 35.5. The molecule has 1 atom stereocenters. The Hall–Kier alpha value is -1.26. The standard InChI is InChI=1S/C14H18ClNO3/c1-9-7-16(8-14(2,3)19-9)13(18)11-6-10(15)4-5-12(11)17/h4-6,9,17H,7-8H2,1-3H3.